The average Bonchev–Trinajstić information content (AvgIpc) is 2.87. The fourth-order valence-electron chi connectivity index (χ4n) is 1.77. The summed E-state index contributed by atoms with van der Waals surface area (Å²) in [4.78, 5) is 12.2. The first-order valence-electron chi connectivity index (χ1n) is 5.77. The third-order valence-electron chi connectivity index (χ3n) is 2.62. The molecule has 6 heteroatoms. The number of amides is 1. The number of hydrogen-bond acceptors (Lipinski definition) is 2. The second-order valence-corrected chi connectivity index (χ2v) is 4.95. The molecule has 2 aromatic rings. The highest BCUT2D eigenvalue weighted by molar-refractivity contribution is 9.10. The monoisotopic (exact) mass is 310 g/mol. The van der Waals surface area contributed by atoms with Crippen molar-refractivity contribution in [3.63, 3.8) is 0 Å². The van der Waals surface area contributed by atoms with Gasteiger partial charge in [0.15, 0.2) is 0 Å². The van der Waals surface area contributed by atoms with Crippen molar-refractivity contribution in [3.05, 3.63) is 34.7 Å². The van der Waals surface area contributed by atoms with Crippen molar-refractivity contribution in [1.29, 1.82) is 0 Å². The first kappa shape index (κ1) is 12.9. The van der Waals surface area contributed by atoms with Crippen LogP contribution in [0.1, 0.15) is 23.8 Å². The number of halogens is 1. The maximum Gasteiger partial charge on any atom is 0.273 e. The summed E-state index contributed by atoms with van der Waals surface area (Å²) in [7, 11) is 1.79. The lowest BCUT2D eigenvalue weighted by atomic mass is 10.3. The zero-order valence-corrected chi connectivity index (χ0v) is 11.9. The molecule has 0 aliphatic carbocycles. The van der Waals surface area contributed by atoms with E-state index in [0.717, 1.165) is 17.4 Å². The van der Waals surface area contributed by atoms with Crippen LogP contribution in [-0.4, -0.2) is 20.3 Å². The Morgan fingerprint density at radius 3 is 2.94 bits per heavy atom. The predicted molar refractivity (Wildman–Crippen MR) is 73.6 cm³/mol. The lowest BCUT2D eigenvalue weighted by Gasteiger charge is -2.08. The molecule has 0 fully saturated rings. The number of rotatable bonds is 4. The highest BCUT2D eigenvalue weighted by atomic mass is 79.9. The van der Waals surface area contributed by atoms with E-state index in [0.29, 0.717) is 11.5 Å². The summed E-state index contributed by atoms with van der Waals surface area (Å²) in [5.74, 6) is 0.554. The predicted octanol–water partition coefficient (Wildman–Crippen LogP) is 2.65. The van der Waals surface area contributed by atoms with Crippen molar-refractivity contribution in [2.75, 3.05) is 5.32 Å². The van der Waals surface area contributed by atoms with Crippen LogP contribution in [0, 0.1) is 0 Å². The van der Waals surface area contributed by atoms with Crippen LogP contribution in [0.2, 0.25) is 0 Å². The van der Waals surface area contributed by atoms with E-state index >= 15 is 0 Å². The molecule has 1 N–H and O–H groups in total. The van der Waals surface area contributed by atoms with E-state index in [9.17, 15) is 4.79 Å². The van der Waals surface area contributed by atoms with Gasteiger partial charge in [-0.25, -0.2) is 0 Å². The van der Waals surface area contributed by atoms with Gasteiger partial charge in [0, 0.05) is 30.3 Å². The van der Waals surface area contributed by atoms with Gasteiger partial charge in [-0.15, -0.1) is 0 Å². The Labute approximate surface area is 114 Å². The largest absolute Gasteiger partial charge is 0.342 e. The Hall–Kier alpha value is -1.56. The molecule has 1 amide bonds. The molecule has 2 heterocycles. The van der Waals surface area contributed by atoms with Crippen molar-refractivity contribution < 1.29 is 4.79 Å². The number of carbonyl (C=O) groups is 1. The molecular weight excluding hydrogens is 296 g/mol. The van der Waals surface area contributed by atoms with Gasteiger partial charge in [-0.2, -0.15) is 5.10 Å². The molecule has 0 radical (unpaired) electrons. The van der Waals surface area contributed by atoms with Gasteiger partial charge in [0.2, 0.25) is 0 Å². The van der Waals surface area contributed by atoms with Crippen LogP contribution >= 0.6 is 15.9 Å². The Morgan fingerprint density at radius 1 is 1.56 bits per heavy atom. The van der Waals surface area contributed by atoms with Gasteiger partial charge in [0.25, 0.3) is 5.91 Å². The number of aromatic nitrogens is 3. The second kappa shape index (κ2) is 5.39. The van der Waals surface area contributed by atoms with Crippen LogP contribution in [0.5, 0.6) is 0 Å². The minimum atomic E-state index is -0.127. The van der Waals surface area contributed by atoms with E-state index in [-0.39, 0.29) is 5.91 Å². The smallest absolute Gasteiger partial charge is 0.273 e. The molecule has 0 bridgehead atoms. The summed E-state index contributed by atoms with van der Waals surface area (Å²) >= 11 is 3.40. The highest BCUT2D eigenvalue weighted by Crippen LogP contribution is 2.17. The van der Waals surface area contributed by atoms with Crippen molar-refractivity contribution >= 4 is 27.7 Å². The van der Waals surface area contributed by atoms with Crippen LogP contribution in [0.4, 0.5) is 5.82 Å². The number of aryl methyl sites for hydroxylation is 2. The van der Waals surface area contributed by atoms with Crippen LogP contribution in [0.15, 0.2) is 29.0 Å². The summed E-state index contributed by atoms with van der Waals surface area (Å²) in [6, 6.07) is 3.58. The molecule has 0 spiro atoms. The fourth-order valence-corrected chi connectivity index (χ4v) is 2.23. The lowest BCUT2D eigenvalue weighted by molar-refractivity contribution is 0.101. The molecule has 0 saturated heterocycles. The molecule has 0 aliphatic rings. The molecule has 0 atom stereocenters. The molecule has 0 aromatic carbocycles. The Bertz CT molecular complexity index is 558. The third kappa shape index (κ3) is 2.64. The Balaban J connectivity index is 2.21. The van der Waals surface area contributed by atoms with E-state index in [1.165, 1.54) is 0 Å². The molecule has 5 nitrogen and oxygen atoms in total. The van der Waals surface area contributed by atoms with Crippen molar-refractivity contribution in [1.82, 2.24) is 14.3 Å². The quantitative estimate of drug-likeness (QED) is 0.944. The van der Waals surface area contributed by atoms with Crippen molar-refractivity contribution in [2.45, 2.75) is 19.9 Å². The Morgan fingerprint density at radius 2 is 2.33 bits per heavy atom. The molecule has 0 saturated carbocycles. The van der Waals surface area contributed by atoms with Gasteiger partial charge in [0.05, 0.1) is 6.20 Å². The molecule has 18 heavy (non-hydrogen) atoms. The van der Waals surface area contributed by atoms with E-state index in [1.54, 1.807) is 24.0 Å². The number of carbonyl (C=O) groups excluding carboxylic acids is 1. The molecule has 2 rings (SSSR count). The number of nitrogens with zero attached hydrogens (tertiary/aromatic N) is 3. The van der Waals surface area contributed by atoms with Crippen LogP contribution in [0.3, 0.4) is 0 Å². The van der Waals surface area contributed by atoms with Gasteiger partial charge in [0.1, 0.15) is 11.5 Å². The maximum atomic E-state index is 12.2. The minimum absolute atomic E-state index is 0.127. The van der Waals surface area contributed by atoms with Crippen LogP contribution in [-0.2, 0) is 13.6 Å². The minimum Gasteiger partial charge on any atom is -0.342 e. The first-order chi connectivity index (χ1) is 8.61. The average molecular weight is 311 g/mol. The number of anilines is 1. The van der Waals surface area contributed by atoms with Crippen LogP contribution in [0.25, 0.3) is 0 Å². The zero-order valence-electron chi connectivity index (χ0n) is 10.4. The fraction of sp³-hybridized carbons (Fsp3) is 0.333. The Kier molecular flexibility index (Phi) is 3.86. The third-order valence-corrected chi connectivity index (χ3v) is 3.06. The van der Waals surface area contributed by atoms with Gasteiger partial charge >= 0.3 is 0 Å². The van der Waals surface area contributed by atoms with Gasteiger partial charge < -0.3 is 9.88 Å². The summed E-state index contributed by atoms with van der Waals surface area (Å²) in [5.41, 5.74) is 0.643. The standard InChI is InChI=1S/C12H15BrN4O/c1-3-6-17-8-9(13)7-10(17)12(18)15-11-4-5-14-16(11)2/h4-5,7-8H,3,6H2,1-2H3,(H,15,18). The van der Waals surface area contributed by atoms with Gasteiger partial charge in [-0.3, -0.25) is 9.48 Å². The summed E-state index contributed by atoms with van der Waals surface area (Å²) in [6.45, 7) is 2.90. The lowest BCUT2D eigenvalue weighted by Crippen LogP contribution is -2.18. The second-order valence-electron chi connectivity index (χ2n) is 4.03. The van der Waals surface area contributed by atoms with Crippen molar-refractivity contribution in [3.8, 4) is 0 Å². The van der Waals surface area contributed by atoms with E-state index in [2.05, 4.69) is 33.3 Å². The maximum absolute atomic E-state index is 12.2. The molecule has 2 aromatic heterocycles. The molecule has 0 unspecified atom stereocenters. The van der Waals surface area contributed by atoms with Gasteiger partial charge in [-0.1, -0.05) is 6.92 Å². The summed E-state index contributed by atoms with van der Waals surface area (Å²) in [6.07, 6.45) is 4.55. The topological polar surface area (TPSA) is 51.9 Å². The van der Waals surface area contributed by atoms with Crippen LogP contribution < -0.4 is 5.32 Å². The SMILES string of the molecule is CCCn1cc(Br)cc1C(=O)Nc1ccnn1C. The van der Waals surface area contributed by atoms with E-state index < -0.39 is 0 Å². The molecule has 0 aliphatic heterocycles. The van der Waals surface area contributed by atoms with E-state index in [4.69, 9.17) is 0 Å². The summed E-state index contributed by atoms with van der Waals surface area (Å²) < 4.78 is 4.47. The number of nitrogens with one attached hydrogen (secondary N) is 1. The van der Waals surface area contributed by atoms with Gasteiger partial charge in [-0.05, 0) is 28.4 Å². The summed E-state index contributed by atoms with van der Waals surface area (Å²) in [5, 5.41) is 6.85. The normalized spacial score (nSPS) is 10.6. The molecular formula is C12H15BrN4O. The van der Waals surface area contributed by atoms with E-state index in [1.807, 2.05) is 16.8 Å². The first-order valence-corrected chi connectivity index (χ1v) is 6.56. The zero-order chi connectivity index (χ0) is 13.1. The number of hydrogen-bond donors (Lipinski definition) is 1. The highest BCUT2D eigenvalue weighted by Gasteiger charge is 2.14. The molecule has 96 valence electrons. The van der Waals surface area contributed by atoms with Crippen molar-refractivity contribution in [2.24, 2.45) is 7.05 Å².